The molecule has 37 heavy (non-hydrogen) atoms. The molecule has 9 nitrogen and oxygen atoms in total. The number of para-hydroxylation sites is 2. The Kier molecular flexibility index (Phi) is 7.73. The highest BCUT2D eigenvalue weighted by Crippen LogP contribution is 2.32. The molecule has 1 N–H and O–H groups in total. The molecule has 1 heterocycles. The van der Waals surface area contributed by atoms with E-state index in [0.717, 1.165) is 21.6 Å². The number of rotatable bonds is 10. The summed E-state index contributed by atoms with van der Waals surface area (Å²) in [6.45, 7) is -0.528. The van der Waals surface area contributed by atoms with Crippen molar-refractivity contribution in [2.75, 3.05) is 25.1 Å². The summed E-state index contributed by atoms with van der Waals surface area (Å²) in [5, 5.41) is 2.74. The quantitative estimate of drug-likeness (QED) is 0.341. The molecule has 0 aliphatic carbocycles. The Hall–Kier alpha value is -4.38. The molecule has 192 valence electrons. The van der Waals surface area contributed by atoms with Crippen LogP contribution >= 0.6 is 0 Å². The van der Waals surface area contributed by atoms with E-state index in [1.807, 2.05) is 24.3 Å². The largest absolute Gasteiger partial charge is 0.493 e. The van der Waals surface area contributed by atoms with Gasteiger partial charge >= 0.3 is 0 Å². The van der Waals surface area contributed by atoms with Gasteiger partial charge < -0.3 is 19.4 Å². The number of nitrogens with zero attached hydrogens (tertiary/aromatic N) is 3. The van der Waals surface area contributed by atoms with Crippen molar-refractivity contribution in [3.05, 3.63) is 96.8 Å². The van der Waals surface area contributed by atoms with Gasteiger partial charge in [-0.1, -0.05) is 30.3 Å². The second-order valence-electron chi connectivity index (χ2n) is 7.86. The minimum Gasteiger partial charge on any atom is -0.493 e. The molecule has 0 saturated carbocycles. The molecule has 3 aromatic carbocycles. The number of sulfonamides is 1. The van der Waals surface area contributed by atoms with E-state index in [0.29, 0.717) is 5.75 Å². The molecule has 0 spiro atoms. The van der Waals surface area contributed by atoms with Crippen LogP contribution in [-0.4, -0.2) is 44.6 Å². The first-order chi connectivity index (χ1) is 17.8. The van der Waals surface area contributed by atoms with Gasteiger partial charge in [-0.15, -0.1) is 0 Å². The normalized spacial score (nSPS) is 11.1. The average Bonchev–Trinajstić information content (AvgIpc) is 3.45. The molecule has 0 unspecified atom stereocenters. The molecule has 4 aromatic rings. The number of methoxy groups -OCH3 is 2. The molecule has 1 aromatic heterocycles. The van der Waals surface area contributed by atoms with Gasteiger partial charge in [0.2, 0.25) is 5.91 Å². The fraction of sp³-hybridized carbons (Fsp3) is 0.154. The average molecular weight is 525 g/mol. The van der Waals surface area contributed by atoms with E-state index in [9.17, 15) is 17.6 Å². The number of hydrogen-bond acceptors (Lipinski definition) is 6. The number of anilines is 1. The zero-order valence-electron chi connectivity index (χ0n) is 20.2. The minimum atomic E-state index is -4.37. The maximum Gasteiger partial charge on any atom is 0.265 e. The Morgan fingerprint density at radius 3 is 2.46 bits per heavy atom. The fourth-order valence-electron chi connectivity index (χ4n) is 3.75. The number of amides is 1. The van der Waals surface area contributed by atoms with Crippen molar-refractivity contribution in [2.45, 2.75) is 11.4 Å². The van der Waals surface area contributed by atoms with Gasteiger partial charge in [-0.2, -0.15) is 0 Å². The van der Waals surface area contributed by atoms with E-state index >= 15 is 0 Å². The van der Waals surface area contributed by atoms with Crippen molar-refractivity contribution >= 4 is 21.6 Å². The van der Waals surface area contributed by atoms with E-state index in [4.69, 9.17) is 9.47 Å². The third-order valence-corrected chi connectivity index (χ3v) is 7.36. The van der Waals surface area contributed by atoms with Gasteiger partial charge in [0.15, 0.2) is 11.5 Å². The van der Waals surface area contributed by atoms with Gasteiger partial charge in [0.1, 0.15) is 12.4 Å². The van der Waals surface area contributed by atoms with Crippen LogP contribution in [0.25, 0.3) is 5.69 Å². The van der Waals surface area contributed by atoms with Crippen molar-refractivity contribution in [3.8, 4) is 17.2 Å². The summed E-state index contributed by atoms with van der Waals surface area (Å²) < 4.78 is 55.0. The molecular weight excluding hydrogens is 499 g/mol. The molecule has 0 fully saturated rings. The van der Waals surface area contributed by atoms with Crippen molar-refractivity contribution < 1.29 is 27.1 Å². The molecule has 0 bridgehead atoms. The van der Waals surface area contributed by atoms with E-state index in [2.05, 4.69) is 10.3 Å². The van der Waals surface area contributed by atoms with Crippen LogP contribution < -0.4 is 19.1 Å². The number of aromatic nitrogens is 2. The molecular formula is C26H25FN4O5S. The Morgan fingerprint density at radius 1 is 1.03 bits per heavy atom. The highest BCUT2D eigenvalue weighted by atomic mass is 32.2. The second-order valence-corrected chi connectivity index (χ2v) is 9.72. The lowest BCUT2D eigenvalue weighted by Gasteiger charge is -2.25. The molecule has 1 amide bonds. The van der Waals surface area contributed by atoms with Gasteiger partial charge in [0.25, 0.3) is 10.0 Å². The second kappa shape index (κ2) is 11.1. The van der Waals surface area contributed by atoms with Gasteiger partial charge in [0.05, 0.1) is 36.8 Å². The van der Waals surface area contributed by atoms with Crippen LogP contribution in [0.1, 0.15) is 5.56 Å². The maximum absolute atomic E-state index is 14.8. The van der Waals surface area contributed by atoms with Gasteiger partial charge in [-0.25, -0.2) is 17.8 Å². The minimum absolute atomic E-state index is 0.120. The number of nitrogens with one attached hydrogen (secondary N) is 1. The maximum atomic E-state index is 14.8. The summed E-state index contributed by atoms with van der Waals surface area (Å²) in [6.07, 6.45) is 5.05. The third-order valence-electron chi connectivity index (χ3n) is 5.60. The number of hydrogen-bond donors (Lipinski definition) is 1. The highest BCUT2D eigenvalue weighted by Gasteiger charge is 2.30. The lowest BCUT2D eigenvalue weighted by molar-refractivity contribution is -0.119. The zero-order chi connectivity index (χ0) is 26.4. The molecule has 0 atom stereocenters. The van der Waals surface area contributed by atoms with E-state index < -0.39 is 28.3 Å². The number of benzene rings is 3. The molecule has 11 heteroatoms. The molecule has 0 aliphatic heterocycles. The van der Waals surface area contributed by atoms with Crippen molar-refractivity contribution in [1.29, 1.82) is 0 Å². The Morgan fingerprint density at radius 2 is 1.76 bits per heavy atom. The smallest absolute Gasteiger partial charge is 0.265 e. The standard InChI is InChI=1S/C26H25FN4O5S/c1-35-24-12-11-20(15-25(24)36-2)37(33,34)31(23-10-6-4-8-21(23)27)17-26(32)29-16-19-7-3-5-9-22(19)30-14-13-28-18-30/h3-15,18H,16-17H2,1-2H3,(H,29,32). The van der Waals surface area contributed by atoms with E-state index in [-0.39, 0.29) is 22.9 Å². The zero-order valence-corrected chi connectivity index (χ0v) is 21.0. The number of imidazole rings is 1. The molecule has 0 radical (unpaired) electrons. The Bertz CT molecular complexity index is 1490. The van der Waals surface area contributed by atoms with Crippen LogP contribution in [0, 0.1) is 5.82 Å². The molecule has 0 saturated heterocycles. The van der Waals surface area contributed by atoms with Gasteiger partial charge in [-0.3, -0.25) is 9.10 Å². The number of carbonyl (C=O) groups is 1. The van der Waals surface area contributed by atoms with E-state index in [1.165, 1.54) is 50.6 Å². The van der Waals surface area contributed by atoms with Crippen LogP contribution in [0.15, 0.2) is 90.3 Å². The summed E-state index contributed by atoms with van der Waals surface area (Å²) >= 11 is 0. The molecule has 0 aliphatic rings. The third kappa shape index (κ3) is 5.56. The fourth-order valence-corrected chi connectivity index (χ4v) is 5.20. The number of halogens is 1. The van der Waals surface area contributed by atoms with Gasteiger partial charge in [0, 0.05) is 25.0 Å². The Labute approximate surface area is 214 Å². The topological polar surface area (TPSA) is 103 Å². The number of carbonyl (C=O) groups excluding carboxylic acids is 1. The van der Waals surface area contributed by atoms with Gasteiger partial charge in [-0.05, 0) is 35.9 Å². The van der Waals surface area contributed by atoms with E-state index in [1.54, 1.807) is 23.3 Å². The lowest BCUT2D eigenvalue weighted by Crippen LogP contribution is -2.41. The predicted molar refractivity (Wildman–Crippen MR) is 136 cm³/mol. The van der Waals surface area contributed by atoms with Crippen LogP contribution in [-0.2, 0) is 21.4 Å². The molecule has 4 rings (SSSR count). The summed E-state index contributed by atoms with van der Waals surface area (Å²) in [5.74, 6) is -0.900. The highest BCUT2D eigenvalue weighted by molar-refractivity contribution is 7.92. The number of ether oxygens (including phenoxy) is 2. The van der Waals surface area contributed by atoms with Crippen molar-refractivity contribution in [2.24, 2.45) is 0 Å². The monoisotopic (exact) mass is 524 g/mol. The van der Waals surface area contributed by atoms with Crippen LogP contribution in [0.2, 0.25) is 0 Å². The summed E-state index contributed by atoms with van der Waals surface area (Å²) in [6, 6.07) is 16.8. The summed E-state index contributed by atoms with van der Waals surface area (Å²) in [7, 11) is -1.57. The first-order valence-corrected chi connectivity index (χ1v) is 12.6. The van der Waals surface area contributed by atoms with Crippen LogP contribution in [0.5, 0.6) is 11.5 Å². The first-order valence-electron chi connectivity index (χ1n) is 11.2. The SMILES string of the molecule is COc1ccc(S(=O)(=O)N(CC(=O)NCc2ccccc2-n2ccnc2)c2ccccc2F)cc1OC. The van der Waals surface area contributed by atoms with Crippen molar-refractivity contribution in [1.82, 2.24) is 14.9 Å². The predicted octanol–water partition coefficient (Wildman–Crippen LogP) is 3.54. The lowest BCUT2D eigenvalue weighted by atomic mass is 10.1. The van der Waals surface area contributed by atoms with Crippen LogP contribution in [0.4, 0.5) is 10.1 Å². The Balaban J connectivity index is 1.62. The summed E-state index contributed by atoms with van der Waals surface area (Å²) in [4.78, 5) is 16.9. The van der Waals surface area contributed by atoms with Crippen LogP contribution in [0.3, 0.4) is 0 Å². The first kappa shape index (κ1) is 25.7. The van der Waals surface area contributed by atoms with Crippen molar-refractivity contribution in [3.63, 3.8) is 0 Å². The summed E-state index contributed by atoms with van der Waals surface area (Å²) in [5.41, 5.74) is 1.34.